The number of rotatable bonds is 4. The third kappa shape index (κ3) is 3.09. The summed E-state index contributed by atoms with van der Waals surface area (Å²) in [4.78, 5) is 25.5. The summed E-state index contributed by atoms with van der Waals surface area (Å²) in [6.07, 6.45) is -0.289. The topological polar surface area (TPSA) is 75.9 Å². The van der Waals surface area contributed by atoms with Gasteiger partial charge in [0.2, 0.25) is 5.91 Å². The Balaban J connectivity index is 2.34. The van der Waals surface area contributed by atoms with E-state index in [9.17, 15) is 9.59 Å². The van der Waals surface area contributed by atoms with Gasteiger partial charge in [0.05, 0.1) is 6.54 Å². The Morgan fingerprint density at radius 1 is 1.67 bits per heavy atom. The number of nitrogens with zero attached hydrogens (tertiary/aromatic N) is 2. The van der Waals surface area contributed by atoms with Gasteiger partial charge in [-0.25, -0.2) is 4.79 Å². The van der Waals surface area contributed by atoms with Gasteiger partial charge in [0.25, 0.3) is 0 Å². The van der Waals surface area contributed by atoms with Crippen LogP contribution in [0.5, 0.6) is 0 Å². The standard InChI is InChI=1S/C9H17N3O3/c1-11(2)8(13)3-4-12-6-7(5-10)15-9(12)14/h7H,3-6,10H2,1-2H3. The van der Waals surface area contributed by atoms with E-state index in [1.54, 1.807) is 14.1 Å². The minimum atomic E-state index is -0.378. The summed E-state index contributed by atoms with van der Waals surface area (Å²) in [5, 5.41) is 0. The van der Waals surface area contributed by atoms with Crippen LogP contribution in [0.25, 0.3) is 0 Å². The number of nitrogens with two attached hydrogens (primary N) is 1. The maximum atomic E-state index is 11.3. The van der Waals surface area contributed by atoms with Gasteiger partial charge in [0, 0.05) is 33.6 Å². The predicted molar refractivity (Wildman–Crippen MR) is 54.2 cm³/mol. The van der Waals surface area contributed by atoms with Gasteiger partial charge in [-0.2, -0.15) is 0 Å². The molecule has 1 unspecified atom stereocenters. The Morgan fingerprint density at radius 3 is 2.80 bits per heavy atom. The summed E-state index contributed by atoms with van der Waals surface area (Å²) in [5.41, 5.74) is 5.38. The Bertz CT molecular complexity index is 255. The second kappa shape index (κ2) is 4.97. The third-order valence-electron chi connectivity index (χ3n) is 2.31. The minimum absolute atomic E-state index is 0.000927. The molecule has 0 aromatic heterocycles. The summed E-state index contributed by atoms with van der Waals surface area (Å²) in [6, 6.07) is 0. The molecule has 1 heterocycles. The van der Waals surface area contributed by atoms with Crippen LogP contribution in [0, 0.1) is 0 Å². The molecule has 15 heavy (non-hydrogen) atoms. The highest BCUT2D eigenvalue weighted by atomic mass is 16.6. The van der Waals surface area contributed by atoms with Crippen LogP contribution in [0.4, 0.5) is 4.79 Å². The van der Waals surface area contributed by atoms with Crippen LogP contribution >= 0.6 is 0 Å². The molecule has 6 nitrogen and oxygen atoms in total. The monoisotopic (exact) mass is 215 g/mol. The van der Waals surface area contributed by atoms with Crippen LogP contribution in [-0.2, 0) is 9.53 Å². The second-order valence-corrected chi connectivity index (χ2v) is 3.73. The first kappa shape index (κ1) is 11.8. The van der Waals surface area contributed by atoms with Crippen molar-refractivity contribution in [3.8, 4) is 0 Å². The highest BCUT2D eigenvalue weighted by Crippen LogP contribution is 2.10. The molecule has 0 aromatic rings. The van der Waals surface area contributed by atoms with Gasteiger partial charge in [-0.15, -0.1) is 0 Å². The predicted octanol–water partition coefficient (Wildman–Crippen LogP) is -0.756. The smallest absolute Gasteiger partial charge is 0.410 e. The number of carbonyl (C=O) groups is 2. The lowest BCUT2D eigenvalue weighted by Gasteiger charge is -2.14. The zero-order valence-corrected chi connectivity index (χ0v) is 9.10. The van der Waals surface area contributed by atoms with E-state index < -0.39 is 0 Å². The SMILES string of the molecule is CN(C)C(=O)CCN1CC(CN)OC1=O. The van der Waals surface area contributed by atoms with E-state index in [-0.39, 0.29) is 18.1 Å². The fourth-order valence-electron chi connectivity index (χ4n) is 1.33. The maximum Gasteiger partial charge on any atom is 0.410 e. The molecule has 1 saturated heterocycles. The summed E-state index contributed by atoms with van der Waals surface area (Å²) in [6.45, 7) is 1.20. The molecule has 1 fully saturated rings. The zero-order valence-electron chi connectivity index (χ0n) is 9.10. The highest BCUT2D eigenvalue weighted by molar-refractivity contribution is 5.77. The molecule has 6 heteroatoms. The molecular weight excluding hydrogens is 198 g/mol. The summed E-state index contributed by atoms with van der Waals surface area (Å²) < 4.78 is 4.95. The molecule has 1 rings (SSSR count). The maximum absolute atomic E-state index is 11.3. The fourth-order valence-corrected chi connectivity index (χ4v) is 1.33. The van der Waals surface area contributed by atoms with E-state index in [0.717, 1.165) is 0 Å². The van der Waals surface area contributed by atoms with Crippen molar-refractivity contribution in [2.24, 2.45) is 5.73 Å². The largest absolute Gasteiger partial charge is 0.443 e. The first-order valence-corrected chi connectivity index (χ1v) is 4.90. The van der Waals surface area contributed by atoms with Crippen molar-refractivity contribution in [3.05, 3.63) is 0 Å². The van der Waals surface area contributed by atoms with E-state index >= 15 is 0 Å². The van der Waals surface area contributed by atoms with E-state index in [2.05, 4.69) is 0 Å². The molecule has 0 aromatic carbocycles. The third-order valence-corrected chi connectivity index (χ3v) is 2.31. The number of carbonyl (C=O) groups excluding carboxylic acids is 2. The van der Waals surface area contributed by atoms with Gasteiger partial charge < -0.3 is 20.3 Å². The van der Waals surface area contributed by atoms with Gasteiger partial charge in [-0.05, 0) is 0 Å². The molecule has 0 spiro atoms. The molecule has 2 N–H and O–H groups in total. The van der Waals surface area contributed by atoms with Gasteiger partial charge in [-0.1, -0.05) is 0 Å². The van der Waals surface area contributed by atoms with Crippen LogP contribution in [-0.4, -0.2) is 61.6 Å². The number of hydrogen-bond acceptors (Lipinski definition) is 4. The number of cyclic esters (lactones) is 1. The lowest BCUT2D eigenvalue weighted by molar-refractivity contribution is -0.128. The Morgan fingerprint density at radius 2 is 2.33 bits per heavy atom. The molecule has 86 valence electrons. The molecule has 0 bridgehead atoms. The summed E-state index contributed by atoms with van der Waals surface area (Å²) >= 11 is 0. The van der Waals surface area contributed by atoms with E-state index in [1.165, 1.54) is 9.80 Å². The first-order chi connectivity index (χ1) is 7.04. The highest BCUT2D eigenvalue weighted by Gasteiger charge is 2.30. The van der Waals surface area contributed by atoms with Crippen molar-refractivity contribution in [3.63, 3.8) is 0 Å². The van der Waals surface area contributed by atoms with Crippen LogP contribution in [0.3, 0.4) is 0 Å². The molecule has 1 aliphatic rings. The fraction of sp³-hybridized carbons (Fsp3) is 0.778. The minimum Gasteiger partial charge on any atom is -0.443 e. The van der Waals surface area contributed by atoms with Crippen molar-refractivity contribution in [2.75, 3.05) is 33.7 Å². The Kier molecular flexibility index (Phi) is 3.90. The number of hydrogen-bond donors (Lipinski definition) is 1. The zero-order chi connectivity index (χ0) is 11.4. The lowest BCUT2D eigenvalue weighted by Crippen LogP contribution is -2.32. The van der Waals surface area contributed by atoms with Crippen LogP contribution in [0.1, 0.15) is 6.42 Å². The van der Waals surface area contributed by atoms with Crippen molar-refractivity contribution >= 4 is 12.0 Å². The van der Waals surface area contributed by atoms with Crippen molar-refractivity contribution < 1.29 is 14.3 Å². The van der Waals surface area contributed by atoms with Crippen molar-refractivity contribution in [1.29, 1.82) is 0 Å². The van der Waals surface area contributed by atoms with Gasteiger partial charge in [0.1, 0.15) is 6.10 Å². The lowest BCUT2D eigenvalue weighted by atomic mass is 10.3. The van der Waals surface area contributed by atoms with Gasteiger partial charge >= 0.3 is 6.09 Å². The van der Waals surface area contributed by atoms with Gasteiger partial charge in [0.15, 0.2) is 0 Å². The molecule has 0 radical (unpaired) electrons. The molecule has 2 amide bonds. The van der Waals surface area contributed by atoms with E-state index in [4.69, 9.17) is 10.5 Å². The van der Waals surface area contributed by atoms with Crippen molar-refractivity contribution in [1.82, 2.24) is 9.80 Å². The molecule has 1 atom stereocenters. The van der Waals surface area contributed by atoms with E-state index in [0.29, 0.717) is 26.1 Å². The van der Waals surface area contributed by atoms with Gasteiger partial charge in [-0.3, -0.25) is 4.79 Å². The van der Waals surface area contributed by atoms with Crippen LogP contribution < -0.4 is 5.73 Å². The average Bonchev–Trinajstić information content (AvgIpc) is 2.55. The second-order valence-electron chi connectivity index (χ2n) is 3.73. The molecule has 1 aliphatic heterocycles. The average molecular weight is 215 g/mol. The Labute approximate surface area is 88.9 Å². The molecule has 0 aliphatic carbocycles. The summed E-state index contributed by atoms with van der Waals surface area (Å²) in [7, 11) is 3.38. The Hall–Kier alpha value is -1.30. The van der Waals surface area contributed by atoms with Crippen LogP contribution in [0.2, 0.25) is 0 Å². The molecular formula is C9H17N3O3. The van der Waals surface area contributed by atoms with Crippen molar-refractivity contribution in [2.45, 2.75) is 12.5 Å². The number of ether oxygens (including phenoxy) is 1. The molecule has 0 saturated carbocycles. The van der Waals surface area contributed by atoms with Crippen LogP contribution in [0.15, 0.2) is 0 Å². The summed E-state index contributed by atoms with van der Waals surface area (Å²) in [5.74, 6) is -0.000927. The van der Waals surface area contributed by atoms with E-state index in [1.807, 2.05) is 0 Å². The normalized spacial score (nSPS) is 20.3. The first-order valence-electron chi connectivity index (χ1n) is 4.90. The number of amides is 2. The quantitative estimate of drug-likeness (QED) is 0.669.